The highest BCUT2D eigenvalue weighted by Crippen LogP contribution is 2.15. The molecule has 10 heavy (non-hydrogen) atoms. The Balaban J connectivity index is 2.47. The summed E-state index contributed by atoms with van der Waals surface area (Å²) in [4.78, 5) is 0. The SMILES string of the molecule is C=CCC(O)C1=CCC=C1. The Bertz CT molecular complexity index is 177. The summed E-state index contributed by atoms with van der Waals surface area (Å²) in [6.45, 7) is 3.56. The smallest absolute Gasteiger partial charge is 0.0821 e. The molecule has 54 valence electrons. The predicted molar refractivity (Wildman–Crippen MR) is 42.7 cm³/mol. The second kappa shape index (κ2) is 3.37. The van der Waals surface area contributed by atoms with Crippen molar-refractivity contribution < 1.29 is 5.11 Å². The van der Waals surface area contributed by atoms with E-state index in [1.54, 1.807) is 6.08 Å². The van der Waals surface area contributed by atoms with Crippen LogP contribution in [0.15, 0.2) is 36.5 Å². The summed E-state index contributed by atoms with van der Waals surface area (Å²) >= 11 is 0. The van der Waals surface area contributed by atoms with E-state index in [4.69, 9.17) is 0 Å². The van der Waals surface area contributed by atoms with Crippen molar-refractivity contribution in [1.82, 2.24) is 0 Å². The summed E-state index contributed by atoms with van der Waals surface area (Å²) in [5.41, 5.74) is 1.03. The van der Waals surface area contributed by atoms with Gasteiger partial charge in [-0.2, -0.15) is 0 Å². The first-order valence-electron chi connectivity index (χ1n) is 3.50. The summed E-state index contributed by atoms with van der Waals surface area (Å²) < 4.78 is 0. The van der Waals surface area contributed by atoms with E-state index in [0.29, 0.717) is 6.42 Å². The lowest BCUT2D eigenvalue weighted by Gasteiger charge is -2.05. The van der Waals surface area contributed by atoms with Gasteiger partial charge in [0.15, 0.2) is 0 Å². The Morgan fingerprint density at radius 1 is 1.80 bits per heavy atom. The molecule has 1 unspecified atom stereocenters. The largest absolute Gasteiger partial charge is 0.388 e. The highest BCUT2D eigenvalue weighted by Gasteiger charge is 2.07. The van der Waals surface area contributed by atoms with E-state index in [9.17, 15) is 5.11 Å². The van der Waals surface area contributed by atoms with E-state index in [-0.39, 0.29) is 6.10 Å². The zero-order valence-electron chi connectivity index (χ0n) is 5.96. The van der Waals surface area contributed by atoms with Gasteiger partial charge in [0, 0.05) is 0 Å². The van der Waals surface area contributed by atoms with Crippen molar-refractivity contribution in [2.24, 2.45) is 0 Å². The summed E-state index contributed by atoms with van der Waals surface area (Å²) in [5, 5.41) is 9.36. The van der Waals surface area contributed by atoms with Crippen molar-refractivity contribution in [1.29, 1.82) is 0 Å². The van der Waals surface area contributed by atoms with Crippen LogP contribution in [-0.4, -0.2) is 11.2 Å². The molecule has 0 bridgehead atoms. The lowest BCUT2D eigenvalue weighted by atomic mass is 10.1. The molecule has 1 rings (SSSR count). The van der Waals surface area contributed by atoms with Crippen LogP contribution in [0.2, 0.25) is 0 Å². The monoisotopic (exact) mass is 136 g/mol. The van der Waals surface area contributed by atoms with E-state index in [1.807, 2.05) is 18.2 Å². The van der Waals surface area contributed by atoms with Crippen LogP contribution in [0.5, 0.6) is 0 Å². The average molecular weight is 136 g/mol. The number of hydrogen-bond acceptors (Lipinski definition) is 1. The second-order valence-corrected chi connectivity index (χ2v) is 2.38. The van der Waals surface area contributed by atoms with E-state index in [0.717, 1.165) is 12.0 Å². The third-order valence-corrected chi connectivity index (χ3v) is 1.57. The summed E-state index contributed by atoms with van der Waals surface area (Å²) in [5.74, 6) is 0. The lowest BCUT2D eigenvalue weighted by Crippen LogP contribution is -2.05. The van der Waals surface area contributed by atoms with Gasteiger partial charge in [-0.25, -0.2) is 0 Å². The minimum atomic E-state index is -0.337. The van der Waals surface area contributed by atoms with E-state index in [2.05, 4.69) is 6.58 Å². The average Bonchev–Trinajstić information content (AvgIpc) is 2.38. The summed E-state index contributed by atoms with van der Waals surface area (Å²) in [7, 11) is 0. The molecular formula is C9H12O. The Morgan fingerprint density at radius 3 is 3.10 bits per heavy atom. The highest BCUT2D eigenvalue weighted by atomic mass is 16.3. The number of rotatable bonds is 3. The van der Waals surface area contributed by atoms with Crippen LogP contribution >= 0.6 is 0 Å². The van der Waals surface area contributed by atoms with Gasteiger partial charge in [0.05, 0.1) is 6.10 Å². The molecule has 0 saturated carbocycles. The van der Waals surface area contributed by atoms with E-state index < -0.39 is 0 Å². The van der Waals surface area contributed by atoms with Crippen molar-refractivity contribution in [2.75, 3.05) is 0 Å². The topological polar surface area (TPSA) is 20.2 Å². The van der Waals surface area contributed by atoms with Crippen LogP contribution in [0.3, 0.4) is 0 Å². The molecule has 0 saturated heterocycles. The molecule has 0 radical (unpaired) electrons. The molecule has 1 N–H and O–H groups in total. The van der Waals surface area contributed by atoms with Crippen molar-refractivity contribution in [3.8, 4) is 0 Å². The maximum Gasteiger partial charge on any atom is 0.0821 e. The van der Waals surface area contributed by atoms with Gasteiger partial charge in [0.25, 0.3) is 0 Å². The van der Waals surface area contributed by atoms with Gasteiger partial charge < -0.3 is 5.11 Å². The van der Waals surface area contributed by atoms with Gasteiger partial charge in [-0.15, -0.1) is 6.58 Å². The third kappa shape index (κ3) is 1.58. The van der Waals surface area contributed by atoms with Gasteiger partial charge in [0.1, 0.15) is 0 Å². The van der Waals surface area contributed by atoms with Crippen LogP contribution in [0, 0.1) is 0 Å². The summed E-state index contributed by atoms with van der Waals surface area (Å²) in [6, 6.07) is 0. The second-order valence-electron chi connectivity index (χ2n) is 2.38. The van der Waals surface area contributed by atoms with Gasteiger partial charge in [0.2, 0.25) is 0 Å². The highest BCUT2D eigenvalue weighted by molar-refractivity contribution is 5.29. The lowest BCUT2D eigenvalue weighted by molar-refractivity contribution is 0.218. The van der Waals surface area contributed by atoms with Crippen LogP contribution in [0.4, 0.5) is 0 Å². The Kier molecular flexibility index (Phi) is 2.46. The van der Waals surface area contributed by atoms with Gasteiger partial charge in [-0.05, 0) is 18.4 Å². The molecule has 0 aromatic carbocycles. The van der Waals surface area contributed by atoms with Crippen molar-refractivity contribution in [3.05, 3.63) is 36.5 Å². The van der Waals surface area contributed by atoms with Crippen LogP contribution in [-0.2, 0) is 0 Å². The van der Waals surface area contributed by atoms with Crippen molar-refractivity contribution in [3.63, 3.8) is 0 Å². The Labute approximate surface area is 61.4 Å². The van der Waals surface area contributed by atoms with Gasteiger partial charge >= 0.3 is 0 Å². The first kappa shape index (κ1) is 7.29. The van der Waals surface area contributed by atoms with E-state index in [1.165, 1.54) is 0 Å². The van der Waals surface area contributed by atoms with Gasteiger partial charge in [-0.3, -0.25) is 0 Å². The van der Waals surface area contributed by atoms with Gasteiger partial charge in [-0.1, -0.05) is 24.3 Å². The van der Waals surface area contributed by atoms with E-state index >= 15 is 0 Å². The molecule has 1 atom stereocenters. The fraction of sp³-hybridized carbons (Fsp3) is 0.333. The maximum absolute atomic E-state index is 9.36. The molecule has 0 heterocycles. The fourth-order valence-corrected chi connectivity index (χ4v) is 1.02. The molecule has 0 aliphatic heterocycles. The quantitative estimate of drug-likeness (QED) is 0.587. The van der Waals surface area contributed by atoms with Crippen molar-refractivity contribution >= 4 is 0 Å². The van der Waals surface area contributed by atoms with Crippen molar-refractivity contribution in [2.45, 2.75) is 18.9 Å². The molecule has 0 aromatic rings. The molecular weight excluding hydrogens is 124 g/mol. The third-order valence-electron chi connectivity index (χ3n) is 1.57. The van der Waals surface area contributed by atoms with Crippen LogP contribution in [0.25, 0.3) is 0 Å². The zero-order valence-corrected chi connectivity index (χ0v) is 5.96. The fourth-order valence-electron chi connectivity index (χ4n) is 1.02. The minimum Gasteiger partial charge on any atom is -0.388 e. The maximum atomic E-state index is 9.36. The predicted octanol–water partition coefficient (Wildman–Crippen LogP) is 1.81. The molecule has 0 amide bonds. The number of hydrogen-bond donors (Lipinski definition) is 1. The Morgan fingerprint density at radius 2 is 2.60 bits per heavy atom. The first-order chi connectivity index (χ1) is 4.84. The molecule has 0 spiro atoms. The number of aliphatic hydroxyl groups excluding tert-OH is 1. The number of aliphatic hydroxyl groups is 1. The van der Waals surface area contributed by atoms with Crippen LogP contribution in [0.1, 0.15) is 12.8 Å². The Hall–Kier alpha value is -0.820. The zero-order chi connectivity index (χ0) is 7.40. The molecule has 0 aromatic heterocycles. The molecule has 1 aliphatic rings. The minimum absolute atomic E-state index is 0.337. The molecule has 1 aliphatic carbocycles. The van der Waals surface area contributed by atoms with Crippen LogP contribution < -0.4 is 0 Å². The standard InChI is InChI=1S/C9H12O/c1-2-5-9(10)8-6-3-4-7-8/h2-3,6-7,9-10H,1,4-5H2. The first-order valence-corrected chi connectivity index (χ1v) is 3.50. The molecule has 1 nitrogen and oxygen atoms in total. The molecule has 0 fully saturated rings. The summed E-state index contributed by atoms with van der Waals surface area (Å²) in [6.07, 6.45) is 9.05. The normalized spacial score (nSPS) is 18.7. The molecule has 1 heteroatoms. The number of allylic oxidation sites excluding steroid dienone is 2.